The predicted molar refractivity (Wildman–Crippen MR) is 43.1 cm³/mol. The Morgan fingerprint density at radius 1 is 1.58 bits per heavy atom. The zero-order valence-corrected chi connectivity index (χ0v) is 6.62. The first-order valence-electron chi connectivity index (χ1n) is 3.51. The van der Waals surface area contributed by atoms with Crippen molar-refractivity contribution in [1.29, 1.82) is 0 Å². The Morgan fingerprint density at radius 2 is 2.33 bits per heavy atom. The number of benzene rings is 1. The molecule has 1 atom stereocenters. The van der Waals surface area contributed by atoms with Crippen molar-refractivity contribution < 1.29 is 9.18 Å². The van der Waals surface area contributed by atoms with Gasteiger partial charge in [0.05, 0.1) is 0 Å². The van der Waals surface area contributed by atoms with Crippen LogP contribution < -0.4 is 0 Å². The summed E-state index contributed by atoms with van der Waals surface area (Å²) in [7, 11) is 0. The molecule has 0 fully saturated rings. The topological polar surface area (TPSA) is 29.4 Å². The molecule has 0 heterocycles. The summed E-state index contributed by atoms with van der Waals surface area (Å²) in [4.78, 5) is 12.7. The Bertz CT molecular complexity index is 318. The van der Waals surface area contributed by atoms with E-state index in [1.54, 1.807) is 18.2 Å². The van der Waals surface area contributed by atoms with Gasteiger partial charge in [0.25, 0.3) is 0 Å². The monoisotopic (exact) mass is 165 g/mol. The molecule has 1 unspecified atom stereocenters. The smallest absolute Gasteiger partial charge is 0.215 e. The van der Waals surface area contributed by atoms with Gasteiger partial charge in [-0.3, -0.25) is 0 Å². The van der Waals surface area contributed by atoms with Crippen molar-refractivity contribution >= 4 is 6.08 Å². The Kier molecular flexibility index (Phi) is 2.72. The van der Waals surface area contributed by atoms with Gasteiger partial charge in [0, 0.05) is 5.56 Å². The van der Waals surface area contributed by atoms with E-state index in [0.717, 1.165) is 5.56 Å². The first kappa shape index (κ1) is 8.62. The molecule has 62 valence electrons. The fourth-order valence-corrected chi connectivity index (χ4v) is 0.939. The van der Waals surface area contributed by atoms with Gasteiger partial charge in [-0.15, -0.1) is 0 Å². The van der Waals surface area contributed by atoms with Gasteiger partial charge in [-0.1, -0.05) is 29.8 Å². The van der Waals surface area contributed by atoms with Gasteiger partial charge in [-0.25, -0.2) is 9.18 Å². The molecule has 0 spiro atoms. The Labute approximate surface area is 69.7 Å². The Balaban J connectivity index is 2.94. The average Bonchev–Trinajstić information content (AvgIpc) is 2.05. The van der Waals surface area contributed by atoms with Crippen LogP contribution in [0.1, 0.15) is 17.4 Å². The van der Waals surface area contributed by atoms with Crippen molar-refractivity contribution in [2.75, 3.05) is 0 Å². The van der Waals surface area contributed by atoms with E-state index in [-0.39, 0.29) is 0 Å². The third kappa shape index (κ3) is 2.01. The third-order valence-electron chi connectivity index (χ3n) is 1.48. The number of alkyl halides is 1. The number of isocyanates is 1. The van der Waals surface area contributed by atoms with Crippen LogP contribution in [0.4, 0.5) is 4.39 Å². The van der Waals surface area contributed by atoms with E-state index in [9.17, 15) is 9.18 Å². The normalized spacial score (nSPS) is 11.8. The van der Waals surface area contributed by atoms with E-state index in [0.29, 0.717) is 5.56 Å². The van der Waals surface area contributed by atoms with Crippen molar-refractivity contribution in [2.45, 2.75) is 13.2 Å². The number of rotatable bonds is 2. The van der Waals surface area contributed by atoms with Crippen molar-refractivity contribution in [1.82, 2.24) is 0 Å². The number of halogens is 1. The summed E-state index contributed by atoms with van der Waals surface area (Å²) < 4.78 is 12.9. The molecule has 0 aliphatic heterocycles. The minimum atomic E-state index is -1.58. The van der Waals surface area contributed by atoms with Crippen LogP contribution in [0.25, 0.3) is 0 Å². The van der Waals surface area contributed by atoms with Crippen LogP contribution in [0.3, 0.4) is 0 Å². The van der Waals surface area contributed by atoms with Gasteiger partial charge < -0.3 is 0 Å². The number of aliphatic imine (C=N–C) groups is 1. The highest BCUT2D eigenvalue weighted by molar-refractivity contribution is 5.35. The molecule has 0 aromatic heterocycles. The lowest BCUT2D eigenvalue weighted by atomic mass is 10.1. The summed E-state index contributed by atoms with van der Waals surface area (Å²) in [6.07, 6.45) is -0.396. The highest BCUT2D eigenvalue weighted by atomic mass is 19.1. The molecule has 0 saturated carbocycles. The summed E-state index contributed by atoms with van der Waals surface area (Å²) in [5, 5.41) is 0. The summed E-state index contributed by atoms with van der Waals surface area (Å²) in [6.45, 7) is 1.85. The predicted octanol–water partition coefficient (Wildman–Crippen LogP) is 2.30. The first-order valence-corrected chi connectivity index (χ1v) is 3.51. The van der Waals surface area contributed by atoms with Gasteiger partial charge in [-0.2, -0.15) is 4.99 Å². The molecule has 0 radical (unpaired) electrons. The summed E-state index contributed by atoms with van der Waals surface area (Å²) in [6, 6.07) is 6.79. The number of hydrogen-bond acceptors (Lipinski definition) is 2. The molecule has 1 aromatic rings. The second kappa shape index (κ2) is 3.79. The Hall–Kier alpha value is -1.47. The highest BCUT2D eigenvalue weighted by Crippen LogP contribution is 2.18. The molecule has 1 rings (SSSR count). The van der Waals surface area contributed by atoms with E-state index in [1.807, 2.05) is 13.0 Å². The third-order valence-corrected chi connectivity index (χ3v) is 1.48. The zero-order chi connectivity index (χ0) is 8.97. The van der Waals surface area contributed by atoms with Gasteiger partial charge >= 0.3 is 0 Å². The molecular formula is C9H8FNO. The molecule has 0 bridgehead atoms. The zero-order valence-electron chi connectivity index (χ0n) is 6.62. The average molecular weight is 165 g/mol. The van der Waals surface area contributed by atoms with E-state index in [2.05, 4.69) is 4.99 Å². The highest BCUT2D eigenvalue weighted by Gasteiger charge is 2.05. The maximum absolute atomic E-state index is 12.9. The van der Waals surface area contributed by atoms with Crippen LogP contribution in [0.2, 0.25) is 0 Å². The van der Waals surface area contributed by atoms with Crippen LogP contribution in [0.5, 0.6) is 0 Å². The maximum Gasteiger partial charge on any atom is 0.238 e. The second-order valence-electron chi connectivity index (χ2n) is 2.47. The molecule has 0 aliphatic carbocycles. The van der Waals surface area contributed by atoms with Crippen LogP contribution in [0.15, 0.2) is 29.3 Å². The molecule has 0 amide bonds. The summed E-state index contributed by atoms with van der Waals surface area (Å²) >= 11 is 0. The number of carbonyl (C=O) groups excluding carboxylic acids is 1. The summed E-state index contributed by atoms with van der Waals surface area (Å²) in [5.41, 5.74) is 1.33. The van der Waals surface area contributed by atoms with Crippen molar-refractivity contribution in [3.05, 3.63) is 35.4 Å². The molecule has 1 aromatic carbocycles. The quantitative estimate of drug-likeness (QED) is 0.375. The van der Waals surface area contributed by atoms with Crippen LogP contribution >= 0.6 is 0 Å². The lowest BCUT2D eigenvalue weighted by Gasteiger charge is -2.00. The van der Waals surface area contributed by atoms with E-state index in [1.165, 1.54) is 6.08 Å². The molecule has 0 saturated heterocycles. The molecule has 0 aliphatic rings. The van der Waals surface area contributed by atoms with Gasteiger partial charge in [0.2, 0.25) is 12.4 Å². The van der Waals surface area contributed by atoms with Crippen molar-refractivity contribution in [2.24, 2.45) is 4.99 Å². The van der Waals surface area contributed by atoms with Crippen molar-refractivity contribution in [3.8, 4) is 0 Å². The van der Waals surface area contributed by atoms with Crippen LogP contribution in [-0.4, -0.2) is 6.08 Å². The standard InChI is InChI=1S/C9H8FNO/c1-7-3-2-4-8(5-7)9(10)11-6-12/h2-5,9H,1H3. The number of hydrogen-bond donors (Lipinski definition) is 0. The van der Waals surface area contributed by atoms with E-state index in [4.69, 9.17) is 0 Å². The fourth-order valence-electron chi connectivity index (χ4n) is 0.939. The van der Waals surface area contributed by atoms with Gasteiger partial charge in [0.1, 0.15) is 0 Å². The maximum atomic E-state index is 12.9. The lowest BCUT2D eigenvalue weighted by Crippen LogP contribution is -1.87. The number of nitrogens with zero attached hydrogens (tertiary/aromatic N) is 1. The SMILES string of the molecule is Cc1cccc(C(F)N=C=O)c1. The largest absolute Gasteiger partial charge is 0.238 e. The van der Waals surface area contributed by atoms with Crippen LogP contribution in [0, 0.1) is 6.92 Å². The van der Waals surface area contributed by atoms with Gasteiger partial charge in [-0.05, 0) is 6.92 Å². The van der Waals surface area contributed by atoms with E-state index < -0.39 is 6.30 Å². The minimum absolute atomic E-state index is 0.387. The molecule has 3 heteroatoms. The molecule has 0 N–H and O–H groups in total. The second-order valence-corrected chi connectivity index (χ2v) is 2.47. The molecular weight excluding hydrogens is 157 g/mol. The molecule has 2 nitrogen and oxygen atoms in total. The van der Waals surface area contributed by atoms with Crippen LogP contribution in [-0.2, 0) is 4.79 Å². The lowest BCUT2D eigenvalue weighted by molar-refractivity contribution is 0.356. The Morgan fingerprint density at radius 3 is 2.92 bits per heavy atom. The number of aryl methyl sites for hydroxylation is 1. The first-order chi connectivity index (χ1) is 5.74. The van der Waals surface area contributed by atoms with Gasteiger partial charge in [0.15, 0.2) is 0 Å². The fraction of sp³-hybridized carbons (Fsp3) is 0.222. The van der Waals surface area contributed by atoms with E-state index >= 15 is 0 Å². The van der Waals surface area contributed by atoms with Crippen molar-refractivity contribution in [3.63, 3.8) is 0 Å². The summed E-state index contributed by atoms with van der Waals surface area (Å²) in [5.74, 6) is 0. The minimum Gasteiger partial charge on any atom is -0.215 e. The molecule has 12 heavy (non-hydrogen) atoms.